The van der Waals surface area contributed by atoms with Crippen LogP contribution in [0.1, 0.15) is 26.3 Å². The lowest BCUT2D eigenvalue weighted by atomic mass is 9.99. The van der Waals surface area contributed by atoms with Gasteiger partial charge in [-0.25, -0.2) is 4.99 Å². The van der Waals surface area contributed by atoms with Crippen LogP contribution in [0, 0.1) is 11.8 Å². The Labute approximate surface area is 184 Å². The fraction of sp³-hybridized carbons (Fsp3) is 0.600. The van der Waals surface area contributed by atoms with Crippen LogP contribution in [0.2, 0.25) is 0 Å². The topological polar surface area (TPSA) is 72.4 Å². The molecule has 0 aromatic heterocycles. The molecule has 1 aromatic carbocycles. The third-order valence-electron chi connectivity index (χ3n) is 4.69. The Kier molecular flexibility index (Phi) is 10.4. The molecule has 1 saturated heterocycles. The maximum absolute atomic E-state index is 12.0. The number of guanidine groups is 1. The van der Waals surface area contributed by atoms with Crippen LogP contribution >= 0.6 is 24.0 Å². The molecule has 1 heterocycles. The Balaban J connectivity index is 0.00000392. The highest BCUT2D eigenvalue weighted by Crippen LogP contribution is 2.28. The van der Waals surface area contributed by atoms with Crippen LogP contribution in [-0.4, -0.2) is 57.3 Å². The number of methoxy groups -OCH3 is 2. The van der Waals surface area contributed by atoms with Gasteiger partial charge >= 0.3 is 5.97 Å². The summed E-state index contributed by atoms with van der Waals surface area (Å²) in [6.07, 6.45) is 0. The summed E-state index contributed by atoms with van der Waals surface area (Å²) in [4.78, 5) is 18.8. The molecule has 0 aliphatic carbocycles. The number of benzene rings is 1. The van der Waals surface area contributed by atoms with Crippen molar-refractivity contribution < 1.29 is 19.0 Å². The molecule has 0 spiro atoms. The van der Waals surface area contributed by atoms with E-state index in [-0.39, 0.29) is 41.8 Å². The van der Waals surface area contributed by atoms with Crippen molar-refractivity contribution in [1.29, 1.82) is 0 Å². The summed E-state index contributed by atoms with van der Waals surface area (Å²) in [6.45, 7) is 9.31. The third kappa shape index (κ3) is 6.15. The first-order valence-electron chi connectivity index (χ1n) is 9.44. The average molecular weight is 505 g/mol. The van der Waals surface area contributed by atoms with Gasteiger partial charge in [-0.3, -0.25) is 4.79 Å². The molecule has 2 rings (SSSR count). The van der Waals surface area contributed by atoms with E-state index in [9.17, 15) is 4.79 Å². The van der Waals surface area contributed by atoms with Gasteiger partial charge in [0.15, 0.2) is 17.5 Å². The number of carbonyl (C=O) groups is 1. The van der Waals surface area contributed by atoms with Gasteiger partial charge in [0.05, 0.1) is 33.3 Å². The highest BCUT2D eigenvalue weighted by molar-refractivity contribution is 14.0. The van der Waals surface area contributed by atoms with Crippen molar-refractivity contribution >= 4 is 35.9 Å². The minimum absolute atomic E-state index is 0. The molecular formula is C20H32IN3O4. The van der Waals surface area contributed by atoms with E-state index in [1.165, 1.54) is 7.11 Å². The second-order valence-corrected chi connectivity index (χ2v) is 6.60. The number of hydrogen-bond donors (Lipinski definition) is 1. The maximum Gasteiger partial charge on any atom is 0.310 e. The fourth-order valence-electron chi connectivity index (χ4n) is 3.28. The van der Waals surface area contributed by atoms with E-state index in [4.69, 9.17) is 19.2 Å². The van der Waals surface area contributed by atoms with Crippen LogP contribution < -0.4 is 14.8 Å². The predicted molar refractivity (Wildman–Crippen MR) is 121 cm³/mol. The van der Waals surface area contributed by atoms with Gasteiger partial charge in [-0.1, -0.05) is 13.0 Å². The summed E-state index contributed by atoms with van der Waals surface area (Å²) in [7, 11) is 3.07. The van der Waals surface area contributed by atoms with E-state index >= 15 is 0 Å². The summed E-state index contributed by atoms with van der Waals surface area (Å²) in [6, 6.07) is 5.84. The molecule has 1 N–H and O–H groups in total. The molecule has 8 heteroatoms. The van der Waals surface area contributed by atoms with Crippen LogP contribution in [-0.2, 0) is 16.1 Å². The molecule has 1 aliphatic rings. The van der Waals surface area contributed by atoms with E-state index in [0.29, 0.717) is 25.4 Å². The lowest BCUT2D eigenvalue weighted by Crippen LogP contribution is -2.40. The van der Waals surface area contributed by atoms with Gasteiger partial charge in [0.1, 0.15) is 0 Å². The van der Waals surface area contributed by atoms with E-state index < -0.39 is 0 Å². The van der Waals surface area contributed by atoms with Gasteiger partial charge in [0.2, 0.25) is 0 Å². The van der Waals surface area contributed by atoms with Crippen molar-refractivity contribution in [1.82, 2.24) is 10.2 Å². The maximum atomic E-state index is 12.0. The van der Waals surface area contributed by atoms with Crippen LogP contribution in [0.3, 0.4) is 0 Å². The first-order chi connectivity index (χ1) is 13.0. The van der Waals surface area contributed by atoms with Crippen LogP contribution in [0.5, 0.6) is 11.5 Å². The summed E-state index contributed by atoms with van der Waals surface area (Å²) in [5.41, 5.74) is 1.03. The quantitative estimate of drug-likeness (QED) is 0.266. The second kappa shape index (κ2) is 12.0. The van der Waals surface area contributed by atoms with Crippen molar-refractivity contribution in [3.05, 3.63) is 23.8 Å². The predicted octanol–water partition coefficient (Wildman–Crippen LogP) is 2.92. The van der Waals surface area contributed by atoms with Gasteiger partial charge in [-0.05, 0) is 37.5 Å². The highest BCUT2D eigenvalue weighted by Gasteiger charge is 2.36. The molecule has 0 bridgehead atoms. The largest absolute Gasteiger partial charge is 0.493 e. The molecule has 28 heavy (non-hydrogen) atoms. The molecule has 0 amide bonds. The molecule has 158 valence electrons. The fourth-order valence-corrected chi connectivity index (χ4v) is 3.28. The average Bonchev–Trinajstić information content (AvgIpc) is 3.07. The Bertz CT molecular complexity index is 669. The number of nitrogens with zero attached hydrogens (tertiary/aromatic N) is 2. The van der Waals surface area contributed by atoms with Crippen LogP contribution in [0.25, 0.3) is 0 Å². The monoisotopic (exact) mass is 505 g/mol. The van der Waals surface area contributed by atoms with Crippen molar-refractivity contribution in [2.75, 3.05) is 40.5 Å². The van der Waals surface area contributed by atoms with Gasteiger partial charge in [0, 0.05) is 19.6 Å². The second-order valence-electron chi connectivity index (χ2n) is 6.60. The van der Waals surface area contributed by atoms with E-state index in [0.717, 1.165) is 30.4 Å². The molecule has 2 atom stereocenters. The first kappa shape index (κ1) is 24.3. The summed E-state index contributed by atoms with van der Waals surface area (Å²) < 4.78 is 15.9. The van der Waals surface area contributed by atoms with E-state index in [1.807, 2.05) is 32.0 Å². The standard InChI is InChI=1S/C20H31N3O4.HI/c1-6-21-20(23-12-14(3)16(13-23)19(24)26-5)22-11-15-8-9-17(27-7-2)18(10-15)25-4;/h8-10,14,16H,6-7,11-13H2,1-5H3,(H,21,22);1H. The molecule has 2 unspecified atom stereocenters. The van der Waals surface area contributed by atoms with Crippen LogP contribution in [0.15, 0.2) is 23.2 Å². The Morgan fingerprint density at radius 1 is 1.25 bits per heavy atom. The SMILES string of the molecule is CCNC(=NCc1ccc(OCC)c(OC)c1)N1CC(C)C(C(=O)OC)C1.I. The smallest absolute Gasteiger partial charge is 0.310 e. The number of nitrogens with one attached hydrogen (secondary N) is 1. The normalized spacial score (nSPS) is 19.0. The van der Waals surface area contributed by atoms with Crippen molar-refractivity contribution in [2.24, 2.45) is 16.8 Å². The number of rotatable bonds is 7. The molecule has 1 aliphatic heterocycles. The Hall–Kier alpha value is -1.71. The van der Waals surface area contributed by atoms with Gasteiger partial charge < -0.3 is 24.4 Å². The Morgan fingerprint density at radius 3 is 2.61 bits per heavy atom. The van der Waals surface area contributed by atoms with Gasteiger partial charge in [-0.15, -0.1) is 24.0 Å². The zero-order valence-corrected chi connectivity index (χ0v) is 19.7. The number of carbonyl (C=O) groups excluding carboxylic acids is 1. The van der Waals surface area contributed by atoms with Crippen molar-refractivity contribution in [2.45, 2.75) is 27.3 Å². The molecule has 0 radical (unpaired) electrons. The number of aliphatic imine (C=N–C) groups is 1. The Morgan fingerprint density at radius 2 is 2.00 bits per heavy atom. The number of hydrogen-bond acceptors (Lipinski definition) is 5. The van der Waals surface area contributed by atoms with E-state index in [1.54, 1.807) is 7.11 Å². The number of likely N-dealkylation sites (tertiary alicyclic amines) is 1. The minimum atomic E-state index is -0.155. The summed E-state index contributed by atoms with van der Waals surface area (Å²) >= 11 is 0. The summed E-state index contributed by atoms with van der Waals surface area (Å²) in [5, 5.41) is 3.32. The third-order valence-corrected chi connectivity index (χ3v) is 4.69. The number of halogens is 1. The van der Waals surface area contributed by atoms with Gasteiger partial charge in [0.25, 0.3) is 0 Å². The number of esters is 1. The first-order valence-corrected chi connectivity index (χ1v) is 9.44. The van der Waals surface area contributed by atoms with Crippen molar-refractivity contribution in [3.63, 3.8) is 0 Å². The number of ether oxygens (including phenoxy) is 3. The van der Waals surface area contributed by atoms with Crippen LogP contribution in [0.4, 0.5) is 0 Å². The van der Waals surface area contributed by atoms with E-state index in [2.05, 4.69) is 17.1 Å². The minimum Gasteiger partial charge on any atom is -0.493 e. The van der Waals surface area contributed by atoms with Gasteiger partial charge in [-0.2, -0.15) is 0 Å². The highest BCUT2D eigenvalue weighted by atomic mass is 127. The zero-order valence-electron chi connectivity index (χ0n) is 17.4. The lowest BCUT2D eigenvalue weighted by molar-refractivity contribution is -0.145. The molecule has 1 fully saturated rings. The lowest BCUT2D eigenvalue weighted by Gasteiger charge is -2.21. The summed E-state index contributed by atoms with van der Waals surface area (Å²) in [5.74, 6) is 2.20. The molecule has 7 nitrogen and oxygen atoms in total. The molecule has 1 aromatic rings. The van der Waals surface area contributed by atoms with Crippen molar-refractivity contribution in [3.8, 4) is 11.5 Å². The molecular weight excluding hydrogens is 473 g/mol. The molecule has 0 saturated carbocycles. The zero-order chi connectivity index (χ0) is 19.8.